The number of hydrogen-bond acceptors (Lipinski definition) is 2. The van der Waals surface area contributed by atoms with Gasteiger partial charge < -0.3 is 9.67 Å². The van der Waals surface area contributed by atoms with Crippen LogP contribution in [0.5, 0.6) is 0 Å². The Morgan fingerprint density at radius 2 is 2.25 bits per heavy atom. The Morgan fingerprint density at radius 1 is 1.44 bits per heavy atom. The van der Waals surface area contributed by atoms with Crippen LogP contribution in [0, 0.1) is 5.92 Å². The Bertz CT molecular complexity index is 474. The summed E-state index contributed by atoms with van der Waals surface area (Å²) >= 11 is 0. The molecule has 2 heterocycles. The third kappa shape index (κ3) is 2.09. The fourth-order valence-electron chi connectivity index (χ4n) is 1.89. The summed E-state index contributed by atoms with van der Waals surface area (Å²) in [6.45, 7) is 5.47. The first-order valence-electron chi connectivity index (χ1n) is 5.76. The van der Waals surface area contributed by atoms with Crippen LogP contribution in [0.25, 0.3) is 11.0 Å². The highest BCUT2D eigenvalue weighted by Crippen LogP contribution is 2.20. The number of aromatic nitrogens is 2. The molecule has 0 saturated heterocycles. The van der Waals surface area contributed by atoms with Gasteiger partial charge in [0.05, 0.1) is 6.61 Å². The van der Waals surface area contributed by atoms with Crippen molar-refractivity contribution in [1.29, 1.82) is 0 Å². The average Bonchev–Trinajstić information content (AvgIpc) is 2.65. The number of hydrogen-bond donors (Lipinski definition) is 1. The van der Waals surface area contributed by atoms with E-state index in [0.717, 1.165) is 29.6 Å². The number of aryl methyl sites for hydroxylation is 1. The highest BCUT2D eigenvalue weighted by Gasteiger charge is 2.08. The molecule has 0 aliphatic heterocycles. The number of pyridine rings is 1. The van der Waals surface area contributed by atoms with E-state index < -0.39 is 0 Å². The fraction of sp³-hybridized carbons (Fsp3) is 0.462. The standard InChI is InChI=1S/C13H18N2O/c1-10(2)5-7-15-8-11(9-16)12-4-3-6-14-13(12)15/h3-4,6,8,10,16H,5,7,9H2,1-2H3. The zero-order valence-electron chi connectivity index (χ0n) is 9.85. The van der Waals surface area contributed by atoms with Crippen molar-refractivity contribution < 1.29 is 5.11 Å². The van der Waals surface area contributed by atoms with Crippen molar-refractivity contribution in [3.05, 3.63) is 30.1 Å². The number of aliphatic hydroxyl groups excluding tert-OH is 1. The van der Waals surface area contributed by atoms with Gasteiger partial charge in [0.15, 0.2) is 0 Å². The molecule has 0 fully saturated rings. The van der Waals surface area contributed by atoms with Crippen LogP contribution in [-0.2, 0) is 13.2 Å². The van der Waals surface area contributed by atoms with Crippen LogP contribution in [0.4, 0.5) is 0 Å². The second kappa shape index (κ2) is 4.66. The molecule has 0 aliphatic carbocycles. The third-order valence-corrected chi connectivity index (χ3v) is 2.83. The largest absolute Gasteiger partial charge is 0.392 e. The predicted molar refractivity (Wildman–Crippen MR) is 65.1 cm³/mol. The molecule has 2 rings (SSSR count). The zero-order chi connectivity index (χ0) is 11.5. The maximum Gasteiger partial charge on any atom is 0.140 e. The van der Waals surface area contributed by atoms with Gasteiger partial charge in [-0.2, -0.15) is 0 Å². The molecule has 0 atom stereocenters. The number of aliphatic hydroxyl groups is 1. The van der Waals surface area contributed by atoms with E-state index in [4.69, 9.17) is 0 Å². The molecule has 0 radical (unpaired) electrons. The maximum absolute atomic E-state index is 9.29. The molecule has 0 unspecified atom stereocenters. The molecule has 0 bridgehead atoms. The second-order valence-corrected chi connectivity index (χ2v) is 4.56. The van der Waals surface area contributed by atoms with Gasteiger partial charge in [0.1, 0.15) is 5.65 Å². The summed E-state index contributed by atoms with van der Waals surface area (Å²) in [6, 6.07) is 3.92. The fourth-order valence-corrected chi connectivity index (χ4v) is 1.89. The average molecular weight is 218 g/mol. The SMILES string of the molecule is CC(C)CCn1cc(CO)c2cccnc21. The quantitative estimate of drug-likeness (QED) is 0.856. The molecule has 0 spiro atoms. The topological polar surface area (TPSA) is 38.0 Å². The Hall–Kier alpha value is -1.35. The van der Waals surface area contributed by atoms with Crippen molar-refractivity contribution in [1.82, 2.24) is 9.55 Å². The zero-order valence-corrected chi connectivity index (χ0v) is 9.85. The Balaban J connectivity index is 2.37. The molecular formula is C13H18N2O. The molecule has 1 N–H and O–H groups in total. The van der Waals surface area contributed by atoms with E-state index in [-0.39, 0.29) is 6.61 Å². The summed E-state index contributed by atoms with van der Waals surface area (Å²) in [7, 11) is 0. The van der Waals surface area contributed by atoms with E-state index in [1.165, 1.54) is 0 Å². The van der Waals surface area contributed by atoms with E-state index in [0.29, 0.717) is 5.92 Å². The van der Waals surface area contributed by atoms with E-state index in [9.17, 15) is 5.11 Å². The molecule has 3 nitrogen and oxygen atoms in total. The maximum atomic E-state index is 9.29. The van der Waals surface area contributed by atoms with Crippen LogP contribution in [0.2, 0.25) is 0 Å². The van der Waals surface area contributed by atoms with Gasteiger partial charge in [-0.3, -0.25) is 0 Å². The summed E-state index contributed by atoms with van der Waals surface area (Å²) in [6.07, 6.45) is 4.95. The van der Waals surface area contributed by atoms with E-state index in [1.54, 1.807) is 6.20 Å². The monoisotopic (exact) mass is 218 g/mol. The van der Waals surface area contributed by atoms with Gasteiger partial charge in [-0.05, 0) is 24.5 Å². The van der Waals surface area contributed by atoms with Gasteiger partial charge in [0.25, 0.3) is 0 Å². The van der Waals surface area contributed by atoms with Gasteiger partial charge in [0, 0.05) is 29.9 Å². The Kier molecular flexibility index (Phi) is 3.25. The van der Waals surface area contributed by atoms with Crippen molar-refractivity contribution in [3.8, 4) is 0 Å². The lowest BCUT2D eigenvalue weighted by molar-refractivity contribution is 0.283. The molecular weight excluding hydrogens is 200 g/mol. The lowest BCUT2D eigenvalue weighted by Gasteiger charge is -2.06. The van der Waals surface area contributed by atoms with Crippen LogP contribution in [0.3, 0.4) is 0 Å². The van der Waals surface area contributed by atoms with Crippen molar-refractivity contribution in [2.75, 3.05) is 0 Å². The minimum Gasteiger partial charge on any atom is -0.392 e. The minimum atomic E-state index is 0.0802. The summed E-state index contributed by atoms with van der Waals surface area (Å²) in [4.78, 5) is 4.38. The van der Waals surface area contributed by atoms with E-state index >= 15 is 0 Å². The van der Waals surface area contributed by atoms with Crippen LogP contribution < -0.4 is 0 Å². The number of fused-ring (bicyclic) bond motifs is 1. The van der Waals surface area contributed by atoms with Gasteiger partial charge >= 0.3 is 0 Å². The Morgan fingerprint density at radius 3 is 2.94 bits per heavy atom. The van der Waals surface area contributed by atoms with Crippen LogP contribution in [0.1, 0.15) is 25.8 Å². The summed E-state index contributed by atoms with van der Waals surface area (Å²) in [5.41, 5.74) is 1.94. The van der Waals surface area contributed by atoms with Crippen LogP contribution in [0.15, 0.2) is 24.5 Å². The molecule has 16 heavy (non-hydrogen) atoms. The molecule has 0 amide bonds. The van der Waals surface area contributed by atoms with Crippen LogP contribution in [-0.4, -0.2) is 14.7 Å². The molecule has 86 valence electrons. The highest BCUT2D eigenvalue weighted by molar-refractivity contribution is 5.80. The third-order valence-electron chi connectivity index (χ3n) is 2.83. The molecule has 3 heteroatoms. The highest BCUT2D eigenvalue weighted by atomic mass is 16.3. The van der Waals surface area contributed by atoms with Gasteiger partial charge in [-0.1, -0.05) is 13.8 Å². The predicted octanol–water partition coefficient (Wildman–Crippen LogP) is 2.57. The van der Waals surface area contributed by atoms with Gasteiger partial charge in [-0.15, -0.1) is 0 Å². The van der Waals surface area contributed by atoms with Crippen molar-refractivity contribution in [3.63, 3.8) is 0 Å². The summed E-state index contributed by atoms with van der Waals surface area (Å²) in [5, 5.41) is 10.3. The first-order valence-corrected chi connectivity index (χ1v) is 5.76. The van der Waals surface area contributed by atoms with Gasteiger partial charge in [0.2, 0.25) is 0 Å². The van der Waals surface area contributed by atoms with Crippen molar-refractivity contribution >= 4 is 11.0 Å². The lowest BCUT2D eigenvalue weighted by Crippen LogP contribution is -2.00. The summed E-state index contributed by atoms with van der Waals surface area (Å²) < 4.78 is 2.14. The first-order chi connectivity index (χ1) is 7.72. The van der Waals surface area contributed by atoms with Crippen molar-refractivity contribution in [2.24, 2.45) is 5.92 Å². The first kappa shape index (κ1) is 11.1. The number of nitrogens with zero attached hydrogens (tertiary/aromatic N) is 2. The smallest absolute Gasteiger partial charge is 0.140 e. The minimum absolute atomic E-state index is 0.0802. The second-order valence-electron chi connectivity index (χ2n) is 4.56. The molecule has 0 saturated carbocycles. The Labute approximate surface area is 95.7 Å². The normalized spacial score (nSPS) is 11.5. The molecule has 2 aromatic rings. The van der Waals surface area contributed by atoms with Crippen LogP contribution >= 0.6 is 0 Å². The summed E-state index contributed by atoms with van der Waals surface area (Å²) in [5.74, 6) is 0.679. The van der Waals surface area contributed by atoms with E-state index in [1.807, 2.05) is 18.3 Å². The molecule has 0 aliphatic rings. The van der Waals surface area contributed by atoms with Crippen molar-refractivity contribution in [2.45, 2.75) is 33.4 Å². The lowest BCUT2D eigenvalue weighted by atomic mass is 10.1. The molecule has 2 aromatic heterocycles. The van der Waals surface area contributed by atoms with Gasteiger partial charge in [-0.25, -0.2) is 4.98 Å². The van der Waals surface area contributed by atoms with E-state index in [2.05, 4.69) is 23.4 Å². The number of rotatable bonds is 4. The molecule has 0 aromatic carbocycles.